The van der Waals surface area contributed by atoms with Crippen molar-refractivity contribution >= 4 is 31.8 Å². The number of rotatable bonds is 7. The molecular weight excluding hydrogens is 577 g/mol. The summed E-state index contributed by atoms with van der Waals surface area (Å²) in [4.78, 5) is 7.26. The first kappa shape index (κ1) is 29.4. The summed E-state index contributed by atoms with van der Waals surface area (Å²) in [6.45, 7) is 6.16. The molecule has 1 aliphatic rings. The molecule has 43 heavy (non-hydrogen) atoms. The van der Waals surface area contributed by atoms with E-state index in [0.717, 1.165) is 49.9 Å². The molecule has 0 spiro atoms. The van der Waals surface area contributed by atoms with Gasteiger partial charge in [-0.25, -0.2) is 13.4 Å². The number of pyridine rings is 1. The van der Waals surface area contributed by atoms with Crippen LogP contribution in [0.5, 0.6) is 0 Å². The van der Waals surface area contributed by atoms with Crippen molar-refractivity contribution in [2.75, 3.05) is 24.6 Å². The number of halogens is 3. The summed E-state index contributed by atoms with van der Waals surface area (Å²) in [6, 6.07) is 12.4. The minimum atomic E-state index is -4.38. The van der Waals surface area contributed by atoms with Crippen molar-refractivity contribution in [2.24, 2.45) is 7.05 Å². The van der Waals surface area contributed by atoms with Crippen molar-refractivity contribution in [2.45, 2.75) is 51.9 Å². The third-order valence-electron chi connectivity index (χ3n) is 8.76. The molecule has 1 saturated heterocycles. The lowest BCUT2D eigenvalue weighted by Crippen LogP contribution is -2.51. The van der Waals surface area contributed by atoms with E-state index in [9.17, 15) is 21.6 Å². The van der Waals surface area contributed by atoms with E-state index < -0.39 is 22.6 Å². The zero-order valence-electron chi connectivity index (χ0n) is 24.7. The lowest BCUT2D eigenvalue weighted by Gasteiger charge is -2.41. The molecule has 5 aromatic rings. The molecule has 0 aliphatic carbocycles. The third-order valence-corrected chi connectivity index (χ3v) is 10.4. The molecule has 0 unspecified atom stereocenters. The summed E-state index contributed by atoms with van der Waals surface area (Å²) < 4.78 is 68.0. The van der Waals surface area contributed by atoms with Crippen LogP contribution in [0.4, 0.5) is 13.2 Å². The summed E-state index contributed by atoms with van der Waals surface area (Å²) in [5.41, 5.74) is 5.91. The lowest BCUT2D eigenvalue weighted by atomic mass is 9.93. The van der Waals surface area contributed by atoms with Gasteiger partial charge in [-0.1, -0.05) is 6.07 Å². The molecule has 0 bridgehead atoms. The summed E-state index contributed by atoms with van der Waals surface area (Å²) in [6.07, 6.45) is 1.84. The van der Waals surface area contributed by atoms with Crippen molar-refractivity contribution in [3.8, 4) is 16.9 Å². The number of fused-ring (bicyclic) bond motifs is 2. The highest BCUT2D eigenvalue weighted by Gasteiger charge is 2.32. The molecule has 12 heteroatoms. The predicted octanol–water partition coefficient (Wildman–Crippen LogP) is 5.69. The van der Waals surface area contributed by atoms with Crippen LogP contribution in [0.1, 0.15) is 31.5 Å². The molecule has 0 saturated carbocycles. The van der Waals surface area contributed by atoms with Crippen molar-refractivity contribution in [3.63, 3.8) is 0 Å². The number of benzene rings is 1. The quantitative estimate of drug-likeness (QED) is 0.236. The number of sulfone groups is 1. The van der Waals surface area contributed by atoms with Crippen LogP contribution in [0.15, 0.2) is 55.0 Å². The number of aromatic nitrogens is 5. The van der Waals surface area contributed by atoms with Crippen LogP contribution in [0.3, 0.4) is 0 Å². The van der Waals surface area contributed by atoms with Crippen molar-refractivity contribution < 1.29 is 21.6 Å². The first-order valence-corrected chi connectivity index (χ1v) is 16.1. The van der Waals surface area contributed by atoms with E-state index in [4.69, 9.17) is 4.98 Å². The molecule has 5 heterocycles. The fourth-order valence-electron chi connectivity index (χ4n) is 6.04. The van der Waals surface area contributed by atoms with Crippen LogP contribution in [0.25, 0.3) is 38.9 Å². The van der Waals surface area contributed by atoms with Crippen LogP contribution in [0, 0.1) is 6.92 Å². The Morgan fingerprint density at radius 2 is 1.74 bits per heavy atom. The molecule has 0 amide bonds. The minimum Gasteiger partial charge on any atom is -0.348 e. The maximum atomic E-state index is 13.1. The standard InChI is InChI=1S/C31H35F3N6O2S/c1-21-15-24-16-22(5-8-28(24)37(21)4)27-7-6-26-23(9-10-30(2,3)38-11-13-43(41,42)14-12-38)18-40(29(26)36-27)25-17-35-39(19-25)20-31(32,33)34/h5-8,15-19H,9-14,20H2,1-4H3. The Morgan fingerprint density at radius 3 is 2.47 bits per heavy atom. The van der Waals surface area contributed by atoms with Gasteiger partial charge in [-0.15, -0.1) is 0 Å². The van der Waals surface area contributed by atoms with Gasteiger partial charge < -0.3 is 4.57 Å². The molecule has 228 valence electrons. The normalized spacial score (nSPS) is 16.4. The average Bonchev–Trinajstić information content (AvgIpc) is 3.61. The zero-order valence-corrected chi connectivity index (χ0v) is 25.5. The second-order valence-electron chi connectivity index (χ2n) is 12.2. The third kappa shape index (κ3) is 5.95. The minimum absolute atomic E-state index is 0.165. The van der Waals surface area contributed by atoms with Gasteiger partial charge in [-0.05, 0) is 69.5 Å². The molecule has 0 radical (unpaired) electrons. The Bertz CT molecular complexity index is 1920. The Kier molecular flexibility index (Phi) is 7.20. The zero-order chi connectivity index (χ0) is 30.7. The largest absolute Gasteiger partial charge is 0.408 e. The lowest BCUT2D eigenvalue weighted by molar-refractivity contribution is -0.142. The molecule has 8 nitrogen and oxygen atoms in total. The van der Waals surface area contributed by atoms with Gasteiger partial charge in [0, 0.05) is 65.6 Å². The molecule has 1 fully saturated rings. The van der Waals surface area contributed by atoms with E-state index in [1.807, 2.05) is 36.0 Å². The molecule has 1 aromatic carbocycles. The first-order chi connectivity index (χ1) is 20.2. The highest BCUT2D eigenvalue weighted by atomic mass is 32.2. The molecule has 0 N–H and O–H groups in total. The summed E-state index contributed by atoms with van der Waals surface area (Å²) in [5.74, 6) is 0.331. The van der Waals surface area contributed by atoms with Gasteiger partial charge in [0.05, 0.1) is 29.1 Å². The number of nitrogens with zero attached hydrogens (tertiary/aromatic N) is 6. The Morgan fingerprint density at radius 1 is 1.00 bits per heavy atom. The average molecular weight is 613 g/mol. The van der Waals surface area contributed by atoms with Gasteiger partial charge in [0.2, 0.25) is 0 Å². The molecule has 1 aliphatic heterocycles. The number of alkyl halides is 3. The maximum Gasteiger partial charge on any atom is 0.408 e. The number of hydrogen-bond acceptors (Lipinski definition) is 5. The Hall–Kier alpha value is -3.64. The van der Waals surface area contributed by atoms with Gasteiger partial charge >= 0.3 is 6.18 Å². The molecular formula is C31H35F3N6O2S. The fraction of sp³-hybridized carbons (Fsp3) is 0.419. The van der Waals surface area contributed by atoms with Crippen molar-refractivity contribution in [1.82, 2.24) is 28.8 Å². The summed E-state index contributed by atoms with van der Waals surface area (Å²) in [5, 5.41) is 5.99. The van der Waals surface area contributed by atoms with E-state index >= 15 is 0 Å². The topological polar surface area (TPSA) is 78.0 Å². The van der Waals surface area contributed by atoms with Crippen molar-refractivity contribution in [3.05, 3.63) is 66.2 Å². The fourth-order valence-corrected chi connectivity index (χ4v) is 7.24. The number of aryl methyl sites for hydroxylation is 3. The van der Waals surface area contributed by atoms with Crippen molar-refractivity contribution in [1.29, 1.82) is 0 Å². The molecule has 0 atom stereocenters. The van der Waals surface area contributed by atoms with E-state index in [1.165, 1.54) is 12.4 Å². The Labute approximate surface area is 248 Å². The van der Waals surface area contributed by atoms with E-state index in [-0.39, 0.29) is 17.0 Å². The smallest absolute Gasteiger partial charge is 0.348 e. The van der Waals surface area contributed by atoms with Gasteiger partial charge in [0.15, 0.2) is 9.84 Å². The van der Waals surface area contributed by atoms with Crippen LogP contribution in [-0.4, -0.2) is 73.5 Å². The van der Waals surface area contributed by atoms with Crippen LogP contribution >= 0.6 is 0 Å². The maximum absolute atomic E-state index is 13.1. The highest BCUT2D eigenvalue weighted by molar-refractivity contribution is 7.91. The second kappa shape index (κ2) is 10.5. The van der Waals surface area contributed by atoms with Crippen LogP contribution < -0.4 is 0 Å². The predicted molar refractivity (Wildman–Crippen MR) is 162 cm³/mol. The number of hydrogen-bond donors (Lipinski definition) is 0. The Balaban J connectivity index is 1.37. The van der Waals surface area contributed by atoms with Crippen LogP contribution in [0.2, 0.25) is 0 Å². The van der Waals surface area contributed by atoms with Gasteiger partial charge in [-0.2, -0.15) is 18.3 Å². The first-order valence-electron chi connectivity index (χ1n) is 14.3. The van der Waals surface area contributed by atoms with Gasteiger partial charge in [0.1, 0.15) is 12.2 Å². The van der Waals surface area contributed by atoms with Crippen LogP contribution in [-0.2, 0) is 29.9 Å². The second-order valence-corrected chi connectivity index (χ2v) is 14.5. The van der Waals surface area contributed by atoms with E-state index in [1.54, 1.807) is 0 Å². The van der Waals surface area contributed by atoms with E-state index in [0.29, 0.717) is 30.8 Å². The van der Waals surface area contributed by atoms with E-state index in [2.05, 4.69) is 53.5 Å². The summed E-state index contributed by atoms with van der Waals surface area (Å²) in [7, 11) is -0.951. The summed E-state index contributed by atoms with van der Waals surface area (Å²) >= 11 is 0. The monoisotopic (exact) mass is 612 g/mol. The SMILES string of the molecule is Cc1cc2cc(-c3ccc4c(CCC(C)(C)N5CCS(=O)(=O)CC5)cn(-c5cnn(CC(F)(F)F)c5)c4n3)ccc2n1C. The van der Waals surface area contributed by atoms with Gasteiger partial charge in [-0.3, -0.25) is 14.1 Å². The molecule has 6 rings (SSSR count). The highest BCUT2D eigenvalue weighted by Crippen LogP contribution is 2.32. The van der Waals surface area contributed by atoms with Gasteiger partial charge in [0.25, 0.3) is 0 Å². The molecule has 4 aromatic heterocycles.